The molecule has 21 heavy (non-hydrogen) atoms. The zero-order chi connectivity index (χ0) is 15.0. The van der Waals surface area contributed by atoms with Gasteiger partial charge in [0.05, 0.1) is 18.1 Å². The maximum absolute atomic E-state index is 5.34. The van der Waals surface area contributed by atoms with Gasteiger partial charge in [-0.05, 0) is 52.3 Å². The number of hydrogen-bond donors (Lipinski definition) is 1. The van der Waals surface area contributed by atoms with Gasteiger partial charge in [-0.1, -0.05) is 0 Å². The summed E-state index contributed by atoms with van der Waals surface area (Å²) in [5, 5.41) is 3.53. The maximum atomic E-state index is 5.34. The smallest absolute Gasteiger partial charge is 0.121 e. The van der Waals surface area contributed by atoms with Crippen LogP contribution in [0.3, 0.4) is 0 Å². The molecular weight excluding hydrogens is 262 g/mol. The summed E-state index contributed by atoms with van der Waals surface area (Å²) in [6.45, 7) is 7.81. The van der Waals surface area contributed by atoms with Crippen molar-refractivity contribution in [3.05, 3.63) is 24.0 Å². The first-order valence-electron chi connectivity index (χ1n) is 7.89. The number of hydrogen-bond acceptors (Lipinski definition) is 3. The molecule has 0 aliphatic carbocycles. The molecule has 1 saturated heterocycles. The monoisotopic (exact) mass is 287 g/mol. The minimum atomic E-state index is 0.420. The predicted molar refractivity (Wildman–Crippen MR) is 86.1 cm³/mol. The van der Waals surface area contributed by atoms with E-state index in [2.05, 4.69) is 36.7 Å². The third kappa shape index (κ3) is 2.64. The molecule has 1 aromatic carbocycles. The van der Waals surface area contributed by atoms with E-state index in [0.29, 0.717) is 18.0 Å². The topological polar surface area (TPSA) is 39.1 Å². The molecular formula is C17H25N3O. The number of benzene rings is 1. The summed E-state index contributed by atoms with van der Waals surface area (Å²) in [6, 6.07) is 7.19. The van der Waals surface area contributed by atoms with Crippen molar-refractivity contribution in [3.8, 4) is 5.75 Å². The van der Waals surface area contributed by atoms with Gasteiger partial charge in [0.1, 0.15) is 11.6 Å². The maximum Gasteiger partial charge on any atom is 0.121 e. The number of aromatic nitrogens is 2. The van der Waals surface area contributed by atoms with Crippen molar-refractivity contribution >= 4 is 11.0 Å². The van der Waals surface area contributed by atoms with E-state index in [1.54, 1.807) is 7.11 Å². The molecule has 0 amide bonds. The molecule has 4 heteroatoms. The second kappa shape index (κ2) is 5.68. The lowest BCUT2D eigenvalue weighted by Gasteiger charge is -2.28. The first kappa shape index (κ1) is 14.4. The van der Waals surface area contributed by atoms with Gasteiger partial charge in [0.2, 0.25) is 0 Å². The van der Waals surface area contributed by atoms with Crippen LogP contribution >= 0.6 is 0 Å². The number of imidazole rings is 1. The van der Waals surface area contributed by atoms with Gasteiger partial charge in [0, 0.05) is 24.1 Å². The lowest BCUT2D eigenvalue weighted by molar-refractivity contribution is 0.360. The molecule has 114 valence electrons. The van der Waals surface area contributed by atoms with E-state index in [0.717, 1.165) is 30.7 Å². The highest BCUT2D eigenvalue weighted by Crippen LogP contribution is 2.33. The Morgan fingerprint density at radius 2 is 2.19 bits per heavy atom. The first-order chi connectivity index (χ1) is 10.1. The van der Waals surface area contributed by atoms with Crippen LogP contribution in [0.1, 0.15) is 51.4 Å². The van der Waals surface area contributed by atoms with Gasteiger partial charge in [-0.2, -0.15) is 0 Å². The van der Waals surface area contributed by atoms with Crippen molar-refractivity contribution in [3.63, 3.8) is 0 Å². The Kier molecular flexibility index (Phi) is 3.89. The average molecular weight is 287 g/mol. The standard InChI is InChI=1S/C17H25N3O/c1-11(2)20-16-6-5-14(21-4)10-15(16)19-17(20)13-7-8-18-12(3)9-13/h5-6,10-13,18H,7-9H2,1-4H3. The highest BCUT2D eigenvalue weighted by molar-refractivity contribution is 5.78. The molecule has 1 aliphatic heterocycles. The summed E-state index contributed by atoms with van der Waals surface area (Å²) in [6.07, 6.45) is 2.32. The van der Waals surface area contributed by atoms with Crippen molar-refractivity contribution in [1.29, 1.82) is 0 Å². The number of piperidine rings is 1. The zero-order valence-electron chi connectivity index (χ0n) is 13.4. The number of nitrogens with one attached hydrogen (secondary N) is 1. The van der Waals surface area contributed by atoms with Crippen LogP contribution < -0.4 is 10.1 Å². The first-order valence-corrected chi connectivity index (χ1v) is 7.89. The number of nitrogens with zero attached hydrogens (tertiary/aromatic N) is 2. The van der Waals surface area contributed by atoms with Gasteiger partial charge < -0.3 is 14.6 Å². The summed E-state index contributed by atoms with van der Waals surface area (Å²) in [4.78, 5) is 4.96. The van der Waals surface area contributed by atoms with E-state index in [1.165, 1.54) is 11.3 Å². The van der Waals surface area contributed by atoms with Crippen molar-refractivity contribution in [2.24, 2.45) is 0 Å². The molecule has 2 unspecified atom stereocenters. The van der Waals surface area contributed by atoms with Gasteiger partial charge in [-0.3, -0.25) is 0 Å². The summed E-state index contributed by atoms with van der Waals surface area (Å²) < 4.78 is 7.74. The second-order valence-corrected chi connectivity index (χ2v) is 6.36. The van der Waals surface area contributed by atoms with Crippen LogP contribution in [-0.2, 0) is 0 Å². The number of rotatable bonds is 3. The third-order valence-electron chi connectivity index (χ3n) is 4.43. The molecule has 0 spiro atoms. The minimum Gasteiger partial charge on any atom is -0.497 e. The van der Waals surface area contributed by atoms with Gasteiger partial charge >= 0.3 is 0 Å². The highest BCUT2D eigenvalue weighted by atomic mass is 16.5. The van der Waals surface area contributed by atoms with E-state index >= 15 is 0 Å². The Hall–Kier alpha value is -1.55. The normalized spacial score (nSPS) is 22.9. The summed E-state index contributed by atoms with van der Waals surface area (Å²) in [7, 11) is 1.70. The molecule has 2 heterocycles. The zero-order valence-corrected chi connectivity index (χ0v) is 13.4. The van der Waals surface area contributed by atoms with Crippen LogP contribution in [0.2, 0.25) is 0 Å². The van der Waals surface area contributed by atoms with Gasteiger partial charge in [0.15, 0.2) is 0 Å². The molecule has 0 saturated carbocycles. The van der Waals surface area contributed by atoms with Crippen molar-refractivity contribution in [2.45, 2.75) is 51.6 Å². The molecule has 2 atom stereocenters. The molecule has 1 aliphatic rings. The molecule has 3 rings (SSSR count). The Morgan fingerprint density at radius 3 is 2.86 bits per heavy atom. The lowest BCUT2D eigenvalue weighted by Crippen LogP contribution is -2.35. The van der Waals surface area contributed by atoms with Gasteiger partial charge in [-0.15, -0.1) is 0 Å². The van der Waals surface area contributed by atoms with Crippen LogP contribution in [0.15, 0.2) is 18.2 Å². The average Bonchev–Trinajstić information content (AvgIpc) is 2.85. The quantitative estimate of drug-likeness (QED) is 0.939. The van der Waals surface area contributed by atoms with E-state index < -0.39 is 0 Å². The Bertz CT molecular complexity index is 632. The summed E-state index contributed by atoms with van der Waals surface area (Å²) in [5.74, 6) is 2.66. The van der Waals surface area contributed by atoms with Crippen LogP contribution in [0.25, 0.3) is 11.0 Å². The fourth-order valence-corrected chi connectivity index (χ4v) is 3.42. The van der Waals surface area contributed by atoms with Gasteiger partial charge in [-0.25, -0.2) is 4.98 Å². The highest BCUT2D eigenvalue weighted by Gasteiger charge is 2.26. The third-order valence-corrected chi connectivity index (χ3v) is 4.43. The summed E-state index contributed by atoms with van der Waals surface area (Å²) in [5.41, 5.74) is 2.26. The van der Waals surface area contributed by atoms with E-state index in [9.17, 15) is 0 Å². The van der Waals surface area contributed by atoms with Crippen LogP contribution in [-0.4, -0.2) is 29.2 Å². The summed E-state index contributed by atoms with van der Waals surface area (Å²) >= 11 is 0. The van der Waals surface area contributed by atoms with Crippen molar-refractivity contribution in [1.82, 2.24) is 14.9 Å². The molecule has 4 nitrogen and oxygen atoms in total. The molecule has 1 aromatic heterocycles. The molecule has 2 aromatic rings. The molecule has 1 N–H and O–H groups in total. The Balaban J connectivity index is 2.09. The van der Waals surface area contributed by atoms with E-state index in [-0.39, 0.29) is 0 Å². The fourth-order valence-electron chi connectivity index (χ4n) is 3.42. The molecule has 0 bridgehead atoms. The van der Waals surface area contributed by atoms with Crippen LogP contribution in [0.5, 0.6) is 5.75 Å². The molecule has 0 radical (unpaired) electrons. The molecule has 1 fully saturated rings. The van der Waals surface area contributed by atoms with E-state index in [1.807, 2.05) is 12.1 Å². The minimum absolute atomic E-state index is 0.420. The fraction of sp³-hybridized carbons (Fsp3) is 0.588. The number of methoxy groups -OCH3 is 1. The largest absolute Gasteiger partial charge is 0.497 e. The number of fused-ring (bicyclic) bond motifs is 1. The Morgan fingerprint density at radius 1 is 1.38 bits per heavy atom. The van der Waals surface area contributed by atoms with Crippen LogP contribution in [0.4, 0.5) is 0 Å². The number of ether oxygens (including phenoxy) is 1. The SMILES string of the molecule is COc1ccc2c(c1)nc(C1CCNC(C)C1)n2C(C)C. The lowest BCUT2D eigenvalue weighted by atomic mass is 9.92. The van der Waals surface area contributed by atoms with Gasteiger partial charge in [0.25, 0.3) is 0 Å². The van der Waals surface area contributed by atoms with Crippen LogP contribution in [0, 0.1) is 0 Å². The van der Waals surface area contributed by atoms with Crippen molar-refractivity contribution in [2.75, 3.05) is 13.7 Å². The second-order valence-electron chi connectivity index (χ2n) is 6.36. The van der Waals surface area contributed by atoms with E-state index in [4.69, 9.17) is 9.72 Å². The predicted octanol–water partition coefficient (Wildman–Crippen LogP) is 3.48. The van der Waals surface area contributed by atoms with Crippen molar-refractivity contribution < 1.29 is 4.74 Å². The Labute approximate surface area is 126 Å².